The van der Waals surface area contributed by atoms with E-state index >= 15 is 0 Å². The van der Waals surface area contributed by atoms with Crippen LogP contribution in [-0.2, 0) is 0 Å². The zero-order chi connectivity index (χ0) is 17.4. The molecular weight excluding hydrogens is 338 g/mol. The molecule has 3 heterocycles. The molecule has 1 atom stereocenters. The zero-order valence-electron chi connectivity index (χ0n) is 13.6. The number of rotatable bonds is 5. The first-order valence-electron chi connectivity index (χ1n) is 7.78. The maximum absolute atomic E-state index is 12.8. The lowest BCUT2D eigenvalue weighted by Crippen LogP contribution is -2.13. The van der Waals surface area contributed by atoms with Crippen molar-refractivity contribution in [1.29, 1.82) is 0 Å². The molecule has 0 aliphatic heterocycles. The van der Waals surface area contributed by atoms with E-state index in [0.717, 1.165) is 16.5 Å². The quantitative estimate of drug-likeness (QED) is 0.420. The molecule has 0 aliphatic carbocycles. The Hall–Kier alpha value is -2.80. The van der Waals surface area contributed by atoms with E-state index in [-0.39, 0.29) is 11.0 Å². The molecule has 0 radical (unpaired) electrons. The van der Waals surface area contributed by atoms with Crippen LogP contribution in [0.2, 0.25) is 0 Å². The Balaban J connectivity index is 1.54. The van der Waals surface area contributed by atoms with Crippen molar-refractivity contribution in [3.05, 3.63) is 54.1 Å². The molecule has 0 saturated carbocycles. The minimum Gasteiger partial charge on any atom is -0.469 e. The number of hydrogen-bond acceptors (Lipinski definition) is 6. The number of para-hydroxylation sites is 1. The highest BCUT2D eigenvalue weighted by Crippen LogP contribution is 2.30. The monoisotopic (exact) mass is 353 g/mol. The molecule has 4 rings (SSSR count). The van der Waals surface area contributed by atoms with Gasteiger partial charge in [-0.2, -0.15) is 0 Å². The number of aromatic amines is 1. The van der Waals surface area contributed by atoms with Gasteiger partial charge in [-0.3, -0.25) is 4.79 Å². The van der Waals surface area contributed by atoms with Crippen molar-refractivity contribution < 1.29 is 13.6 Å². The molecule has 1 N–H and O–H groups in total. The summed E-state index contributed by atoms with van der Waals surface area (Å²) in [5, 5.41) is 8.98. The number of benzene rings is 1. The molecule has 0 saturated heterocycles. The third-order valence-corrected chi connectivity index (χ3v) is 4.93. The molecule has 126 valence electrons. The number of nitrogens with one attached hydrogen (secondary N) is 1. The average molecular weight is 353 g/mol. The van der Waals surface area contributed by atoms with Gasteiger partial charge in [0.15, 0.2) is 5.78 Å². The van der Waals surface area contributed by atoms with Crippen LogP contribution in [0.15, 0.2) is 56.8 Å². The lowest BCUT2D eigenvalue weighted by atomic mass is 10.1. The van der Waals surface area contributed by atoms with Crippen LogP contribution in [-0.4, -0.2) is 26.2 Å². The molecule has 1 aromatic carbocycles. The fourth-order valence-corrected chi connectivity index (χ4v) is 3.42. The van der Waals surface area contributed by atoms with Gasteiger partial charge < -0.3 is 13.8 Å². The second kappa shape index (κ2) is 6.25. The number of nitrogens with zero attached hydrogens (tertiary/aromatic N) is 2. The molecule has 3 aromatic heterocycles. The van der Waals surface area contributed by atoms with E-state index < -0.39 is 0 Å². The number of furan rings is 1. The first-order chi connectivity index (χ1) is 12.1. The van der Waals surface area contributed by atoms with E-state index in [1.807, 2.05) is 38.1 Å². The highest BCUT2D eigenvalue weighted by atomic mass is 32.2. The predicted octanol–water partition coefficient (Wildman–Crippen LogP) is 4.48. The number of thioether (sulfide) groups is 1. The van der Waals surface area contributed by atoms with Crippen LogP contribution >= 0.6 is 11.8 Å². The van der Waals surface area contributed by atoms with Gasteiger partial charge in [-0.1, -0.05) is 30.0 Å². The standard InChI is InChI=1S/C18H15N3O3S/c1-10-12(7-8-23-10)17-20-21-18(24-17)25-11(2)16(22)14-9-19-15-6-4-3-5-13(14)15/h3-9,11,19H,1-2H3/t11-/m0/s1. The van der Waals surface area contributed by atoms with E-state index in [9.17, 15) is 4.79 Å². The Bertz CT molecular complexity index is 1050. The van der Waals surface area contributed by atoms with Gasteiger partial charge in [-0.15, -0.1) is 10.2 Å². The summed E-state index contributed by atoms with van der Waals surface area (Å²) < 4.78 is 10.9. The van der Waals surface area contributed by atoms with Gasteiger partial charge in [0.2, 0.25) is 0 Å². The Labute approximate surface area is 147 Å². The molecule has 7 heteroatoms. The number of Topliss-reactive ketones (excluding diaryl/α,β-unsaturated/α-hetero) is 1. The van der Waals surface area contributed by atoms with Crippen molar-refractivity contribution in [1.82, 2.24) is 15.2 Å². The zero-order valence-corrected chi connectivity index (χ0v) is 14.5. The summed E-state index contributed by atoms with van der Waals surface area (Å²) in [5.41, 5.74) is 2.37. The Morgan fingerprint density at radius 1 is 1.24 bits per heavy atom. The van der Waals surface area contributed by atoms with E-state index in [1.54, 1.807) is 18.5 Å². The van der Waals surface area contributed by atoms with E-state index in [0.29, 0.717) is 22.4 Å². The van der Waals surface area contributed by atoms with Crippen LogP contribution in [0.25, 0.3) is 22.4 Å². The summed E-state index contributed by atoms with van der Waals surface area (Å²) in [7, 11) is 0. The second-order valence-corrected chi connectivity index (χ2v) is 6.93. The van der Waals surface area contributed by atoms with Crippen molar-refractivity contribution in [2.75, 3.05) is 0 Å². The maximum atomic E-state index is 12.8. The topological polar surface area (TPSA) is 84.9 Å². The predicted molar refractivity (Wildman–Crippen MR) is 94.7 cm³/mol. The molecule has 4 aromatic rings. The molecule has 0 spiro atoms. The van der Waals surface area contributed by atoms with Crippen LogP contribution in [0.4, 0.5) is 0 Å². The number of hydrogen-bond donors (Lipinski definition) is 1. The highest BCUT2D eigenvalue weighted by molar-refractivity contribution is 8.00. The largest absolute Gasteiger partial charge is 0.469 e. The lowest BCUT2D eigenvalue weighted by Gasteiger charge is -2.06. The van der Waals surface area contributed by atoms with Gasteiger partial charge in [0.25, 0.3) is 11.1 Å². The minimum atomic E-state index is -0.349. The van der Waals surface area contributed by atoms with Gasteiger partial charge in [-0.25, -0.2) is 0 Å². The highest BCUT2D eigenvalue weighted by Gasteiger charge is 2.23. The van der Waals surface area contributed by atoms with Gasteiger partial charge in [0.1, 0.15) is 5.76 Å². The summed E-state index contributed by atoms with van der Waals surface area (Å²) >= 11 is 1.25. The van der Waals surface area contributed by atoms with E-state index in [1.165, 1.54) is 11.8 Å². The number of H-pyrrole nitrogens is 1. The van der Waals surface area contributed by atoms with Gasteiger partial charge in [0.05, 0.1) is 17.1 Å². The van der Waals surface area contributed by atoms with Crippen LogP contribution in [0, 0.1) is 6.92 Å². The Kier molecular flexibility index (Phi) is 3.93. The molecule has 0 bridgehead atoms. The summed E-state index contributed by atoms with van der Waals surface area (Å²) in [6.07, 6.45) is 3.32. The van der Waals surface area contributed by atoms with Crippen molar-refractivity contribution in [3.63, 3.8) is 0 Å². The van der Waals surface area contributed by atoms with Gasteiger partial charge in [0, 0.05) is 22.7 Å². The van der Waals surface area contributed by atoms with E-state index in [4.69, 9.17) is 8.83 Å². The number of aryl methyl sites for hydroxylation is 1. The molecular formula is C18H15N3O3S. The minimum absolute atomic E-state index is 0.0155. The summed E-state index contributed by atoms with van der Waals surface area (Å²) in [4.78, 5) is 15.9. The SMILES string of the molecule is Cc1occc1-c1nnc(S[C@@H](C)C(=O)c2c[nH]c3ccccc23)o1. The van der Waals surface area contributed by atoms with Crippen LogP contribution < -0.4 is 0 Å². The number of fused-ring (bicyclic) bond motifs is 1. The molecule has 6 nitrogen and oxygen atoms in total. The third kappa shape index (κ3) is 2.87. The Morgan fingerprint density at radius 2 is 2.08 bits per heavy atom. The molecule has 25 heavy (non-hydrogen) atoms. The van der Waals surface area contributed by atoms with Crippen molar-refractivity contribution in [2.24, 2.45) is 0 Å². The second-order valence-electron chi connectivity index (χ2n) is 5.64. The summed E-state index contributed by atoms with van der Waals surface area (Å²) in [5.74, 6) is 1.12. The van der Waals surface area contributed by atoms with Gasteiger partial charge in [-0.05, 0) is 26.0 Å². The average Bonchev–Trinajstić information content (AvgIpc) is 3.33. The summed E-state index contributed by atoms with van der Waals surface area (Å²) in [6.45, 7) is 3.66. The number of aromatic nitrogens is 3. The summed E-state index contributed by atoms with van der Waals surface area (Å²) in [6, 6.07) is 9.51. The molecule has 0 unspecified atom stereocenters. The first-order valence-corrected chi connectivity index (χ1v) is 8.66. The molecule has 0 fully saturated rings. The maximum Gasteiger partial charge on any atom is 0.277 e. The number of carbonyl (C=O) groups is 1. The van der Waals surface area contributed by atoms with Crippen molar-refractivity contribution in [2.45, 2.75) is 24.3 Å². The molecule has 0 aliphatic rings. The van der Waals surface area contributed by atoms with E-state index in [2.05, 4.69) is 15.2 Å². The van der Waals surface area contributed by atoms with Crippen LogP contribution in [0.5, 0.6) is 0 Å². The smallest absolute Gasteiger partial charge is 0.277 e. The molecule has 0 amide bonds. The fourth-order valence-electron chi connectivity index (χ4n) is 2.67. The first kappa shape index (κ1) is 15.7. The van der Waals surface area contributed by atoms with Crippen LogP contribution in [0.3, 0.4) is 0 Å². The lowest BCUT2D eigenvalue weighted by molar-refractivity contribution is 0.0995. The number of ketones is 1. The number of carbonyl (C=O) groups excluding carboxylic acids is 1. The third-order valence-electron chi connectivity index (χ3n) is 4.00. The van der Waals surface area contributed by atoms with Crippen LogP contribution in [0.1, 0.15) is 23.0 Å². The fraction of sp³-hybridized carbons (Fsp3) is 0.167. The normalized spacial score (nSPS) is 12.6. The van der Waals surface area contributed by atoms with Crippen molar-refractivity contribution in [3.8, 4) is 11.5 Å². The van der Waals surface area contributed by atoms with Gasteiger partial charge >= 0.3 is 0 Å². The Morgan fingerprint density at radius 3 is 2.88 bits per heavy atom. The van der Waals surface area contributed by atoms with Crippen molar-refractivity contribution >= 4 is 28.4 Å².